The molecule has 0 spiro atoms. The fourth-order valence-corrected chi connectivity index (χ4v) is 3.99. The van der Waals surface area contributed by atoms with E-state index in [0.717, 1.165) is 42.2 Å². The fourth-order valence-electron chi connectivity index (χ4n) is 3.89. The summed E-state index contributed by atoms with van der Waals surface area (Å²) in [6.07, 6.45) is 8.22. The van der Waals surface area contributed by atoms with Crippen molar-refractivity contribution in [2.24, 2.45) is 0 Å². The van der Waals surface area contributed by atoms with Gasteiger partial charge in [0.05, 0.1) is 18.1 Å². The molecule has 2 atom stereocenters. The smallest absolute Gasteiger partial charge is 0.407 e. The molecule has 0 saturated heterocycles. The quantitative estimate of drug-likeness (QED) is 0.467. The normalized spacial score (nSPS) is 18.5. The molecule has 0 radical (unpaired) electrons. The Bertz CT molecular complexity index is 1120. The molecule has 9 heteroatoms. The van der Waals surface area contributed by atoms with Crippen LogP contribution in [0.3, 0.4) is 0 Å². The molecule has 174 valence electrons. The highest BCUT2D eigenvalue weighted by Gasteiger charge is 2.26. The van der Waals surface area contributed by atoms with Crippen molar-refractivity contribution in [1.82, 2.24) is 20.3 Å². The van der Waals surface area contributed by atoms with Gasteiger partial charge in [-0.2, -0.15) is 0 Å². The van der Waals surface area contributed by atoms with Crippen LogP contribution in [0, 0.1) is 0 Å². The van der Waals surface area contributed by atoms with Crippen LogP contribution in [0.25, 0.3) is 10.8 Å². The lowest BCUT2D eigenvalue weighted by Crippen LogP contribution is -2.43. The van der Waals surface area contributed by atoms with Crippen LogP contribution in [-0.2, 0) is 4.74 Å². The molecule has 4 rings (SSSR count). The maximum atomic E-state index is 12.1. The lowest BCUT2D eigenvalue weighted by molar-refractivity contribution is 0.0463. The second kappa shape index (κ2) is 9.79. The molecule has 3 aromatic rings. The number of ether oxygens (including phenoxy) is 2. The second-order valence-corrected chi connectivity index (χ2v) is 9.50. The molecule has 2 heterocycles. The molecule has 1 aromatic carbocycles. The van der Waals surface area contributed by atoms with Crippen LogP contribution in [0.5, 0.6) is 5.75 Å². The minimum absolute atomic E-state index is 0.0294. The molecule has 1 amide bonds. The molecule has 0 unspecified atom stereocenters. The number of pyridine rings is 1. The third kappa shape index (κ3) is 6.44. The minimum atomic E-state index is -0.511. The van der Waals surface area contributed by atoms with Gasteiger partial charge in [-0.3, -0.25) is 0 Å². The molecule has 1 fully saturated rings. The van der Waals surface area contributed by atoms with Gasteiger partial charge in [-0.05, 0) is 81.3 Å². The number of benzene rings is 1. The topological polar surface area (TPSA) is 98.3 Å². The molecule has 2 aromatic heterocycles. The maximum absolute atomic E-state index is 12.1. The Labute approximate surface area is 198 Å². The van der Waals surface area contributed by atoms with Gasteiger partial charge in [0.1, 0.15) is 23.3 Å². The monoisotopic (exact) mass is 469 g/mol. The average Bonchev–Trinajstić information content (AvgIpc) is 2.74. The van der Waals surface area contributed by atoms with Crippen molar-refractivity contribution in [1.29, 1.82) is 0 Å². The lowest BCUT2D eigenvalue weighted by Gasteiger charge is -2.31. The summed E-state index contributed by atoms with van der Waals surface area (Å²) in [5.74, 6) is 1.49. The first-order valence-corrected chi connectivity index (χ1v) is 11.4. The third-order valence-electron chi connectivity index (χ3n) is 5.27. The van der Waals surface area contributed by atoms with Crippen LogP contribution < -0.4 is 15.4 Å². The Kier molecular flexibility index (Phi) is 6.83. The van der Waals surface area contributed by atoms with E-state index in [0.29, 0.717) is 11.5 Å². The summed E-state index contributed by atoms with van der Waals surface area (Å²) in [6.45, 7) is 5.58. The second-order valence-electron chi connectivity index (χ2n) is 9.16. The van der Waals surface area contributed by atoms with E-state index in [1.54, 1.807) is 18.6 Å². The number of anilines is 2. The molecule has 2 N–H and O–H groups in total. The van der Waals surface area contributed by atoms with Crippen molar-refractivity contribution < 1.29 is 14.3 Å². The van der Waals surface area contributed by atoms with Gasteiger partial charge in [0.2, 0.25) is 5.28 Å². The highest BCUT2D eigenvalue weighted by Crippen LogP contribution is 2.30. The first kappa shape index (κ1) is 23.0. The van der Waals surface area contributed by atoms with Gasteiger partial charge in [-0.25, -0.2) is 19.7 Å². The number of alkyl carbamates (subject to hydrolysis) is 1. The molecular formula is C24H28ClN5O3. The van der Waals surface area contributed by atoms with Crippen LogP contribution in [0.15, 0.2) is 42.9 Å². The first-order chi connectivity index (χ1) is 15.7. The molecule has 1 aliphatic carbocycles. The van der Waals surface area contributed by atoms with Crippen LogP contribution in [0.1, 0.15) is 46.5 Å². The van der Waals surface area contributed by atoms with Crippen molar-refractivity contribution in [2.75, 3.05) is 5.32 Å². The van der Waals surface area contributed by atoms with Gasteiger partial charge in [0, 0.05) is 24.0 Å². The van der Waals surface area contributed by atoms with Crippen LogP contribution in [-0.4, -0.2) is 38.8 Å². The van der Waals surface area contributed by atoms with E-state index in [1.165, 1.54) is 0 Å². The van der Waals surface area contributed by atoms with Gasteiger partial charge in [-0.1, -0.05) is 0 Å². The molecular weight excluding hydrogens is 442 g/mol. The summed E-state index contributed by atoms with van der Waals surface area (Å²) in [4.78, 5) is 24.5. The van der Waals surface area contributed by atoms with Crippen LogP contribution in [0.2, 0.25) is 5.28 Å². The van der Waals surface area contributed by atoms with Crippen molar-refractivity contribution in [3.05, 3.63) is 48.1 Å². The van der Waals surface area contributed by atoms with Gasteiger partial charge in [0.15, 0.2) is 0 Å². The van der Waals surface area contributed by atoms with Crippen molar-refractivity contribution in [3.8, 4) is 5.75 Å². The Hall–Kier alpha value is -3.13. The van der Waals surface area contributed by atoms with Crippen molar-refractivity contribution >= 4 is 40.0 Å². The first-order valence-electron chi connectivity index (χ1n) is 11.0. The molecule has 0 bridgehead atoms. The summed E-state index contributed by atoms with van der Waals surface area (Å²) in [5.41, 5.74) is 0.188. The standard InChI is InChI=1S/C24H28ClN5O3/c1-24(2,3)33-23(31)30-16-5-4-6-18(12-16)32-19-7-8-20-15(11-19)9-10-26-21(20)29-17-13-27-22(25)28-14-17/h7-11,13-14,16,18H,4-6,12H2,1-3H3,(H,26,29)(H,30,31)/t16-,18+/m1/s1. The minimum Gasteiger partial charge on any atom is -0.490 e. The largest absolute Gasteiger partial charge is 0.490 e. The number of carbonyl (C=O) groups is 1. The maximum Gasteiger partial charge on any atom is 0.407 e. The summed E-state index contributed by atoms with van der Waals surface area (Å²) >= 11 is 5.76. The van der Waals surface area contributed by atoms with Crippen LogP contribution >= 0.6 is 11.6 Å². The molecule has 8 nitrogen and oxygen atoms in total. The number of carbonyl (C=O) groups excluding carboxylic acids is 1. The summed E-state index contributed by atoms with van der Waals surface area (Å²) in [6, 6.07) is 7.92. The summed E-state index contributed by atoms with van der Waals surface area (Å²) in [5, 5.41) is 8.35. The van der Waals surface area contributed by atoms with Gasteiger partial charge < -0.3 is 20.1 Å². The van der Waals surface area contributed by atoms with Gasteiger partial charge in [-0.15, -0.1) is 0 Å². The SMILES string of the molecule is CC(C)(C)OC(=O)N[C@@H]1CCC[C@H](Oc2ccc3c(Nc4cnc(Cl)nc4)nccc3c2)C1. The molecule has 1 saturated carbocycles. The van der Waals surface area contributed by atoms with E-state index in [1.807, 2.05) is 45.0 Å². The number of nitrogens with zero attached hydrogens (tertiary/aromatic N) is 3. The Morgan fingerprint density at radius 1 is 1.12 bits per heavy atom. The Morgan fingerprint density at radius 3 is 2.67 bits per heavy atom. The Balaban J connectivity index is 1.41. The number of halogens is 1. The van der Waals surface area contributed by atoms with E-state index in [9.17, 15) is 4.79 Å². The highest BCUT2D eigenvalue weighted by atomic mass is 35.5. The number of hydrogen-bond acceptors (Lipinski definition) is 7. The van der Waals surface area contributed by atoms with Gasteiger partial charge in [0.25, 0.3) is 0 Å². The van der Waals surface area contributed by atoms with E-state index >= 15 is 0 Å². The summed E-state index contributed by atoms with van der Waals surface area (Å²) < 4.78 is 11.7. The zero-order chi connectivity index (χ0) is 23.4. The highest BCUT2D eigenvalue weighted by molar-refractivity contribution is 6.28. The third-order valence-corrected chi connectivity index (χ3v) is 5.46. The zero-order valence-corrected chi connectivity index (χ0v) is 19.7. The van der Waals surface area contributed by atoms with Crippen molar-refractivity contribution in [2.45, 2.75) is 64.2 Å². The number of nitrogens with one attached hydrogen (secondary N) is 2. The fraction of sp³-hybridized carbons (Fsp3) is 0.417. The Morgan fingerprint density at radius 2 is 1.91 bits per heavy atom. The lowest BCUT2D eigenvalue weighted by atomic mass is 9.93. The van der Waals surface area contributed by atoms with Crippen LogP contribution in [0.4, 0.5) is 16.3 Å². The average molecular weight is 470 g/mol. The number of hydrogen-bond donors (Lipinski definition) is 2. The van der Waals surface area contributed by atoms with E-state index < -0.39 is 5.60 Å². The molecule has 33 heavy (non-hydrogen) atoms. The number of rotatable bonds is 5. The number of aromatic nitrogens is 3. The zero-order valence-electron chi connectivity index (χ0n) is 19.0. The molecule has 0 aliphatic heterocycles. The number of fused-ring (bicyclic) bond motifs is 1. The predicted octanol–water partition coefficient (Wildman–Crippen LogP) is 5.64. The van der Waals surface area contributed by atoms with Crippen molar-refractivity contribution in [3.63, 3.8) is 0 Å². The summed E-state index contributed by atoms with van der Waals surface area (Å²) in [7, 11) is 0. The molecule has 1 aliphatic rings. The van der Waals surface area contributed by atoms with E-state index in [-0.39, 0.29) is 23.5 Å². The van der Waals surface area contributed by atoms with E-state index in [4.69, 9.17) is 21.1 Å². The number of amides is 1. The predicted molar refractivity (Wildman–Crippen MR) is 128 cm³/mol. The van der Waals surface area contributed by atoms with Gasteiger partial charge >= 0.3 is 6.09 Å². The van der Waals surface area contributed by atoms with E-state index in [2.05, 4.69) is 25.6 Å².